The van der Waals surface area contributed by atoms with Gasteiger partial charge in [-0.1, -0.05) is 48.0 Å². The average Bonchev–Trinajstić information content (AvgIpc) is 3.71. The van der Waals surface area contributed by atoms with E-state index >= 15 is 0 Å². The summed E-state index contributed by atoms with van der Waals surface area (Å²) in [7, 11) is -3.31. The molecule has 206 valence electrons. The molecular weight excluding hydrogens is 514 g/mol. The van der Waals surface area contributed by atoms with Gasteiger partial charge in [0.25, 0.3) is 5.91 Å². The van der Waals surface area contributed by atoms with Crippen molar-refractivity contribution in [1.29, 1.82) is 0 Å². The first-order valence-corrected chi connectivity index (χ1v) is 15.2. The Morgan fingerprint density at radius 3 is 2.49 bits per heavy atom. The van der Waals surface area contributed by atoms with Crippen LogP contribution in [0.5, 0.6) is 0 Å². The Bertz CT molecular complexity index is 1450. The fraction of sp³-hybridized carbons (Fsp3) is 0.414. The van der Waals surface area contributed by atoms with Crippen molar-refractivity contribution in [1.82, 2.24) is 24.8 Å². The number of carbonyl (C=O) groups is 2. The van der Waals surface area contributed by atoms with Gasteiger partial charge in [0.2, 0.25) is 15.9 Å². The standard InChI is InChI=1S/C29H35N5O4S/c1-20-7-9-21(10-8-20)24-18-27(24)30-12-11-26(29(36)33-13-15-34(16-14-33)39(2,37)38)32-28(35)23-17-22-5-3-4-6-25(22)31-19-23/h3-10,17,19,24,26-27,30H,11-16,18H2,1-2H3,(H,32,35)/t24-,26-,27+/m0/s1. The maximum Gasteiger partial charge on any atom is 0.253 e. The number of amides is 2. The fourth-order valence-corrected chi connectivity index (χ4v) is 6.00. The van der Waals surface area contributed by atoms with Crippen molar-refractivity contribution >= 4 is 32.7 Å². The minimum absolute atomic E-state index is 0.196. The van der Waals surface area contributed by atoms with Crippen LogP contribution in [0, 0.1) is 6.92 Å². The van der Waals surface area contributed by atoms with E-state index in [0.29, 0.717) is 43.6 Å². The number of fused-ring (bicyclic) bond motifs is 1. The summed E-state index contributed by atoms with van der Waals surface area (Å²) in [5.74, 6) is -0.0923. The third-order valence-electron chi connectivity index (χ3n) is 7.61. The number of pyridine rings is 1. The number of hydrogen-bond donors (Lipinski definition) is 2. The van der Waals surface area contributed by atoms with E-state index in [1.165, 1.54) is 27.9 Å². The third kappa shape index (κ3) is 6.63. The molecule has 3 aromatic rings. The molecule has 0 bridgehead atoms. The van der Waals surface area contributed by atoms with E-state index in [4.69, 9.17) is 0 Å². The predicted octanol–water partition coefficient (Wildman–Crippen LogP) is 2.28. The van der Waals surface area contributed by atoms with Crippen LogP contribution in [-0.2, 0) is 14.8 Å². The van der Waals surface area contributed by atoms with E-state index in [9.17, 15) is 18.0 Å². The van der Waals surface area contributed by atoms with Crippen LogP contribution in [0.15, 0.2) is 60.8 Å². The normalized spacial score (nSPS) is 20.5. The molecule has 2 heterocycles. The Morgan fingerprint density at radius 2 is 1.77 bits per heavy atom. The van der Waals surface area contributed by atoms with Crippen molar-refractivity contribution in [2.45, 2.75) is 37.8 Å². The molecule has 0 unspecified atom stereocenters. The molecule has 9 nitrogen and oxygen atoms in total. The van der Waals surface area contributed by atoms with Gasteiger partial charge in [-0.15, -0.1) is 0 Å². The molecule has 10 heteroatoms. The van der Waals surface area contributed by atoms with Gasteiger partial charge in [0.15, 0.2) is 0 Å². The fourth-order valence-electron chi connectivity index (χ4n) is 5.17. The molecule has 2 amide bonds. The van der Waals surface area contributed by atoms with Gasteiger partial charge in [-0.2, -0.15) is 4.31 Å². The molecule has 1 saturated carbocycles. The van der Waals surface area contributed by atoms with E-state index in [1.54, 1.807) is 11.0 Å². The number of aromatic nitrogens is 1. The second-order valence-electron chi connectivity index (χ2n) is 10.5. The SMILES string of the molecule is Cc1ccc([C@@H]2C[C@H]2NCC[C@H](NC(=O)c2cnc3ccccc3c2)C(=O)N2CCN(S(C)(=O)=O)CC2)cc1. The van der Waals surface area contributed by atoms with Crippen molar-refractivity contribution in [3.05, 3.63) is 77.5 Å². The van der Waals surface area contributed by atoms with Crippen LogP contribution in [0.1, 0.15) is 40.2 Å². The number of nitrogens with zero attached hydrogens (tertiary/aromatic N) is 3. The van der Waals surface area contributed by atoms with Gasteiger partial charge in [0.05, 0.1) is 17.3 Å². The van der Waals surface area contributed by atoms with Crippen LogP contribution in [0.25, 0.3) is 10.9 Å². The lowest BCUT2D eigenvalue weighted by atomic mass is 10.1. The molecule has 2 aromatic carbocycles. The monoisotopic (exact) mass is 549 g/mol. The molecule has 1 aliphatic heterocycles. The van der Waals surface area contributed by atoms with Crippen molar-refractivity contribution < 1.29 is 18.0 Å². The van der Waals surface area contributed by atoms with Crippen LogP contribution in [0.4, 0.5) is 0 Å². The summed E-state index contributed by atoms with van der Waals surface area (Å²) in [6.07, 6.45) is 4.18. The zero-order chi connectivity index (χ0) is 27.6. The van der Waals surface area contributed by atoms with E-state index in [2.05, 4.69) is 46.8 Å². The molecule has 39 heavy (non-hydrogen) atoms. The van der Waals surface area contributed by atoms with E-state index in [0.717, 1.165) is 17.3 Å². The lowest BCUT2D eigenvalue weighted by Crippen LogP contribution is -2.56. The summed E-state index contributed by atoms with van der Waals surface area (Å²) >= 11 is 0. The van der Waals surface area contributed by atoms with Gasteiger partial charge in [0, 0.05) is 49.7 Å². The van der Waals surface area contributed by atoms with Gasteiger partial charge >= 0.3 is 0 Å². The van der Waals surface area contributed by atoms with Crippen molar-refractivity contribution in [3.63, 3.8) is 0 Å². The maximum atomic E-state index is 13.5. The second kappa shape index (κ2) is 11.4. The highest BCUT2D eigenvalue weighted by atomic mass is 32.2. The summed E-state index contributed by atoms with van der Waals surface area (Å²) in [6, 6.07) is 17.5. The molecule has 2 aliphatic rings. The number of nitrogens with one attached hydrogen (secondary N) is 2. The smallest absolute Gasteiger partial charge is 0.253 e. The average molecular weight is 550 g/mol. The minimum Gasteiger partial charge on any atom is -0.340 e. The molecular formula is C29H35N5O4S. The highest BCUT2D eigenvalue weighted by molar-refractivity contribution is 7.88. The molecule has 3 atom stereocenters. The molecule has 2 N–H and O–H groups in total. The molecule has 0 radical (unpaired) electrons. The maximum absolute atomic E-state index is 13.5. The van der Waals surface area contributed by atoms with Gasteiger partial charge < -0.3 is 15.5 Å². The third-order valence-corrected chi connectivity index (χ3v) is 8.91. The topological polar surface area (TPSA) is 112 Å². The van der Waals surface area contributed by atoms with E-state index in [-0.39, 0.29) is 24.9 Å². The lowest BCUT2D eigenvalue weighted by molar-refractivity contribution is -0.134. The molecule has 1 aromatic heterocycles. The molecule has 1 aliphatic carbocycles. The minimum atomic E-state index is -3.31. The van der Waals surface area contributed by atoms with E-state index < -0.39 is 16.1 Å². The zero-order valence-corrected chi connectivity index (χ0v) is 23.2. The highest BCUT2D eigenvalue weighted by Crippen LogP contribution is 2.40. The van der Waals surface area contributed by atoms with Crippen molar-refractivity contribution in [3.8, 4) is 0 Å². The Balaban J connectivity index is 1.24. The Morgan fingerprint density at radius 1 is 1.05 bits per heavy atom. The van der Waals surface area contributed by atoms with Gasteiger partial charge in [0.1, 0.15) is 6.04 Å². The Kier molecular flexibility index (Phi) is 7.97. The summed E-state index contributed by atoms with van der Waals surface area (Å²) in [5, 5.41) is 7.34. The van der Waals surface area contributed by atoms with Crippen LogP contribution < -0.4 is 10.6 Å². The van der Waals surface area contributed by atoms with Crippen LogP contribution >= 0.6 is 0 Å². The quantitative estimate of drug-likeness (QED) is 0.424. The number of rotatable bonds is 9. The number of carbonyl (C=O) groups excluding carboxylic acids is 2. The molecule has 0 spiro atoms. The van der Waals surface area contributed by atoms with Crippen LogP contribution in [-0.4, -0.2) is 85.5 Å². The Labute approximate surface area is 229 Å². The molecule has 5 rings (SSSR count). The molecule has 1 saturated heterocycles. The number of piperazine rings is 1. The summed E-state index contributed by atoms with van der Waals surface area (Å²) in [5.41, 5.74) is 3.73. The number of benzene rings is 2. The van der Waals surface area contributed by atoms with Crippen LogP contribution in [0.2, 0.25) is 0 Å². The Hall–Kier alpha value is -3.34. The first-order chi connectivity index (χ1) is 18.7. The van der Waals surface area contributed by atoms with Gasteiger partial charge in [-0.05, 0) is 44.0 Å². The molecule has 2 fully saturated rings. The number of hydrogen-bond acceptors (Lipinski definition) is 6. The number of sulfonamides is 1. The lowest BCUT2D eigenvalue weighted by Gasteiger charge is -2.35. The van der Waals surface area contributed by atoms with Crippen molar-refractivity contribution in [2.24, 2.45) is 0 Å². The second-order valence-corrected chi connectivity index (χ2v) is 12.5. The van der Waals surface area contributed by atoms with Gasteiger partial charge in [-0.3, -0.25) is 14.6 Å². The summed E-state index contributed by atoms with van der Waals surface area (Å²) < 4.78 is 25.2. The first kappa shape index (κ1) is 27.2. The summed E-state index contributed by atoms with van der Waals surface area (Å²) in [6.45, 7) is 3.73. The highest BCUT2D eigenvalue weighted by Gasteiger charge is 2.38. The largest absolute Gasteiger partial charge is 0.340 e. The summed E-state index contributed by atoms with van der Waals surface area (Å²) in [4.78, 5) is 32.8. The predicted molar refractivity (Wildman–Crippen MR) is 151 cm³/mol. The number of para-hydroxylation sites is 1. The van der Waals surface area contributed by atoms with Gasteiger partial charge in [-0.25, -0.2) is 8.42 Å². The first-order valence-electron chi connectivity index (χ1n) is 13.4. The zero-order valence-electron chi connectivity index (χ0n) is 22.3. The van der Waals surface area contributed by atoms with Crippen LogP contribution in [0.3, 0.4) is 0 Å². The van der Waals surface area contributed by atoms with Crippen molar-refractivity contribution in [2.75, 3.05) is 39.0 Å². The van der Waals surface area contributed by atoms with E-state index in [1.807, 2.05) is 24.3 Å². The number of aryl methyl sites for hydroxylation is 1.